The van der Waals surface area contributed by atoms with Gasteiger partial charge in [-0.25, -0.2) is 0 Å². The molecular formula is C27H34F3NO9S. The largest absolute Gasteiger partial charge is 0.459 e. The number of rotatable bonds is 7. The summed E-state index contributed by atoms with van der Waals surface area (Å²) in [6.45, 7) is 3.89. The maximum Gasteiger partial charge on any atom is 0.429 e. The lowest BCUT2D eigenvalue weighted by Crippen LogP contribution is -2.57. The number of halogens is 3. The van der Waals surface area contributed by atoms with Crippen molar-refractivity contribution >= 4 is 33.7 Å². The molecule has 1 saturated heterocycles. The monoisotopic (exact) mass is 605 g/mol. The van der Waals surface area contributed by atoms with E-state index in [2.05, 4.69) is 0 Å². The number of carbonyl (C=O) groups is 4. The Morgan fingerprint density at radius 2 is 1.68 bits per heavy atom. The molecule has 7 aliphatic rings. The van der Waals surface area contributed by atoms with Gasteiger partial charge in [0.25, 0.3) is 10.1 Å². The maximum atomic E-state index is 13.9. The number of ether oxygens (including phenoxy) is 2. The third-order valence-corrected chi connectivity index (χ3v) is 11.7. The van der Waals surface area contributed by atoms with Crippen molar-refractivity contribution < 1.29 is 54.8 Å². The molecule has 6 bridgehead atoms. The van der Waals surface area contributed by atoms with Crippen molar-refractivity contribution in [3.05, 3.63) is 0 Å². The third kappa shape index (κ3) is 4.24. The number of amides is 1. The average Bonchev–Trinajstić information content (AvgIpc) is 3.42. The van der Waals surface area contributed by atoms with Crippen LogP contribution in [0.4, 0.5) is 13.2 Å². The molecule has 0 aromatic heterocycles. The van der Waals surface area contributed by atoms with Crippen molar-refractivity contribution in [1.29, 1.82) is 0 Å². The Balaban J connectivity index is 1.30. The first-order valence-corrected chi connectivity index (χ1v) is 15.8. The normalized spacial score (nSPS) is 42.2. The predicted molar refractivity (Wildman–Crippen MR) is 132 cm³/mol. The molecule has 6 aliphatic carbocycles. The van der Waals surface area contributed by atoms with Gasteiger partial charge in [-0.15, -0.1) is 0 Å². The number of nitrogens with zero attached hydrogens (tertiary/aromatic N) is 1. The van der Waals surface area contributed by atoms with Crippen molar-refractivity contribution in [2.45, 2.75) is 89.3 Å². The number of hydrogen-bond donors (Lipinski definition) is 1. The van der Waals surface area contributed by atoms with Crippen LogP contribution in [0.2, 0.25) is 0 Å². The van der Waals surface area contributed by atoms with E-state index in [9.17, 15) is 40.8 Å². The van der Waals surface area contributed by atoms with Crippen LogP contribution in [0.15, 0.2) is 0 Å². The molecule has 0 aromatic rings. The molecule has 0 aromatic carbocycles. The lowest BCUT2D eigenvalue weighted by molar-refractivity contribution is -0.259. The first kappa shape index (κ1) is 28.9. The minimum Gasteiger partial charge on any atom is -0.459 e. The Kier molecular flexibility index (Phi) is 6.27. The Labute approximate surface area is 235 Å². The van der Waals surface area contributed by atoms with Gasteiger partial charge in [0.05, 0.1) is 23.3 Å². The van der Waals surface area contributed by atoms with Gasteiger partial charge in [-0.1, -0.05) is 0 Å². The number of fused-ring (bicyclic) bond motifs is 1. The Bertz CT molecular complexity index is 1300. The zero-order valence-corrected chi connectivity index (χ0v) is 23.7. The molecule has 1 aliphatic heterocycles. The van der Waals surface area contributed by atoms with Crippen LogP contribution in [0.1, 0.15) is 59.3 Å². The highest BCUT2D eigenvalue weighted by Gasteiger charge is 2.72. The van der Waals surface area contributed by atoms with Crippen LogP contribution >= 0.6 is 0 Å². The van der Waals surface area contributed by atoms with Crippen LogP contribution in [0.5, 0.6) is 0 Å². The zero-order valence-electron chi connectivity index (χ0n) is 22.9. The minimum atomic E-state index is -5.34. The lowest BCUT2D eigenvalue weighted by Gasteiger charge is -2.54. The first-order valence-electron chi connectivity index (χ1n) is 14.2. The van der Waals surface area contributed by atoms with Crippen molar-refractivity contribution in [3.8, 4) is 0 Å². The van der Waals surface area contributed by atoms with Crippen LogP contribution in [0.25, 0.3) is 0 Å². The SMILES string of the molecule is CC(C)N1C(=O)C2C3CC(C(OC(=O)C45CC6CC(C4)C(=O)C(C6)C5)C31)C2C(=O)OC(C)(CS(=O)(=O)O)C(F)(F)F. The van der Waals surface area contributed by atoms with Gasteiger partial charge in [-0.2, -0.15) is 21.6 Å². The molecule has 6 saturated carbocycles. The van der Waals surface area contributed by atoms with Crippen molar-refractivity contribution in [2.24, 2.45) is 46.8 Å². The van der Waals surface area contributed by atoms with Crippen LogP contribution < -0.4 is 0 Å². The van der Waals surface area contributed by atoms with E-state index in [0.29, 0.717) is 26.2 Å². The van der Waals surface area contributed by atoms with Gasteiger partial charge >= 0.3 is 18.1 Å². The Morgan fingerprint density at radius 1 is 1.07 bits per heavy atom. The molecule has 14 heteroatoms. The van der Waals surface area contributed by atoms with E-state index in [-0.39, 0.29) is 36.0 Å². The van der Waals surface area contributed by atoms with E-state index in [1.54, 1.807) is 18.7 Å². The number of ketones is 1. The van der Waals surface area contributed by atoms with Gasteiger partial charge in [0.15, 0.2) is 0 Å². The fourth-order valence-electron chi connectivity index (χ4n) is 9.48. The summed E-state index contributed by atoms with van der Waals surface area (Å²) < 4.78 is 84.7. The molecule has 10 nitrogen and oxygen atoms in total. The summed E-state index contributed by atoms with van der Waals surface area (Å²) >= 11 is 0. The standard InChI is InChI=1S/C27H34F3NO9S/c1-11(2)31-19-15-6-16(21(19)39-24(35)26-7-12-4-13(8-26)20(32)14(5-12)9-26)18(17(15)22(31)33)23(34)40-25(3,27(28,29)30)10-41(36,37)38/h11-19,21H,4-10H2,1-3H3,(H,36,37,38). The van der Waals surface area contributed by atoms with E-state index in [1.165, 1.54) is 0 Å². The second-order valence-electron chi connectivity index (χ2n) is 13.7. The smallest absolute Gasteiger partial charge is 0.429 e. The van der Waals surface area contributed by atoms with Crippen LogP contribution in [-0.2, 0) is 38.8 Å². The zero-order chi connectivity index (χ0) is 30.0. The number of likely N-dealkylation sites (tertiary alicyclic amines) is 1. The van der Waals surface area contributed by atoms with Crippen LogP contribution in [-0.4, -0.2) is 77.2 Å². The molecule has 9 atom stereocenters. The second kappa shape index (κ2) is 8.90. The van der Waals surface area contributed by atoms with Gasteiger partial charge in [0.1, 0.15) is 17.6 Å². The quantitative estimate of drug-likeness (QED) is 0.342. The molecular weight excluding hydrogens is 571 g/mol. The van der Waals surface area contributed by atoms with E-state index < -0.39 is 86.7 Å². The van der Waals surface area contributed by atoms with Crippen molar-refractivity contribution in [2.75, 3.05) is 5.75 Å². The van der Waals surface area contributed by atoms with Crippen LogP contribution in [0, 0.1) is 46.8 Å². The topological polar surface area (TPSA) is 144 Å². The minimum absolute atomic E-state index is 0.191. The second-order valence-corrected chi connectivity index (χ2v) is 15.2. The van der Waals surface area contributed by atoms with E-state index in [0.717, 1.165) is 12.8 Å². The summed E-state index contributed by atoms with van der Waals surface area (Å²) in [5, 5.41) is 0. The first-order chi connectivity index (χ1) is 18.9. The Morgan fingerprint density at radius 3 is 2.22 bits per heavy atom. The number of carbonyl (C=O) groups excluding carboxylic acids is 4. The molecule has 7 fully saturated rings. The van der Waals surface area contributed by atoms with Gasteiger partial charge in [0.2, 0.25) is 11.5 Å². The van der Waals surface area contributed by atoms with E-state index in [1.807, 2.05) is 0 Å². The highest BCUT2D eigenvalue weighted by Crippen LogP contribution is 2.63. The summed E-state index contributed by atoms with van der Waals surface area (Å²) in [6, 6.07) is -0.889. The summed E-state index contributed by atoms with van der Waals surface area (Å²) in [7, 11) is -5.20. The average molecular weight is 606 g/mol. The summed E-state index contributed by atoms with van der Waals surface area (Å²) in [6.07, 6.45) is -3.16. The molecule has 1 amide bonds. The number of hydrogen-bond acceptors (Lipinski definition) is 8. The molecule has 0 spiro atoms. The molecule has 228 valence electrons. The van der Waals surface area contributed by atoms with Gasteiger partial charge in [0, 0.05) is 23.8 Å². The van der Waals surface area contributed by atoms with Crippen LogP contribution in [0.3, 0.4) is 0 Å². The van der Waals surface area contributed by atoms with Crippen molar-refractivity contribution in [1.82, 2.24) is 4.90 Å². The van der Waals surface area contributed by atoms with Gasteiger partial charge in [-0.3, -0.25) is 23.7 Å². The van der Waals surface area contributed by atoms with Gasteiger partial charge < -0.3 is 14.4 Å². The van der Waals surface area contributed by atoms with Gasteiger partial charge in [-0.05, 0) is 71.1 Å². The molecule has 41 heavy (non-hydrogen) atoms. The highest BCUT2D eigenvalue weighted by molar-refractivity contribution is 7.85. The summed E-state index contributed by atoms with van der Waals surface area (Å²) in [5.74, 6) is -7.83. The lowest BCUT2D eigenvalue weighted by atomic mass is 9.49. The van der Waals surface area contributed by atoms with E-state index >= 15 is 0 Å². The number of Topliss-reactive ketones (excluding diaryl/α,β-unsaturated/α-hetero) is 1. The van der Waals surface area contributed by atoms with Crippen molar-refractivity contribution in [3.63, 3.8) is 0 Å². The third-order valence-electron chi connectivity index (χ3n) is 10.8. The van der Waals surface area contributed by atoms with E-state index in [4.69, 9.17) is 14.0 Å². The summed E-state index contributed by atoms with van der Waals surface area (Å²) in [5.41, 5.74) is -4.40. The number of esters is 2. The molecule has 7 rings (SSSR count). The molecule has 0 radical (unpaired) electrons. The molecule has 9 unspecified atom stereocenters. The molecule has 1 heterocycles. The summed E-state index contributed by atoms with van der Waals surface area (Å²) in [4.78, 5) is 55.0. The maximum absolute atomic E-state index is 13.9. The number of alkyl halides is 3. The highest BCUT2D eigenvalue weighted by atomic mass is 32.2. The fraction of sp³-hybridized carbons (Fsp3) is 0.852. The predicted octanol–water partition coefficient (Wildman–Crippen LogP) is 2.55. The Hall–Kier alpha value is -2.22. The fourth-order valence-corrected chi connectivity index (χ4v) is 10.4. The molecule has 1 N–H and O–H groups in total.